The third-order valence-electron chi connectivity index (χ3n) is 5.28. The predicted molar refractivity (Wildman–Crippen MR) is 108 cm³/mol. The molecule has 1 aliphatic heterocycles. The Kier molecular flexibility index (Phi) is 5.06. The van der Waals surface area contributed by atoms with Crippen LogP contribution in [0.25, 0.3) is 11.4 Å². The Morgan fingerprint density at radius 2 is 1.79 bits per heavy atom. The average molecular weight is 376 g/mol. The SMILES string of the molecule is Cc1cccc(C)c1NC(=O)N1CCC(n2cc(-c3ccccn3)nn2)CC1. The predicted octanol–water partition coefficient (Wildman–Crippen LogP) is 3.83. The van der Waals surface area contributed by atoms with Gasteiger partial charge in [-0.05, 0) is 49.9 Å². The molecule has 1 N–H and O–H groups in total. The van der Waals surface area contributed by atoms with Crippen LogP contribution >= 0.6 is 0 Å². The Hall–Kier alpha value is -3.22. The number of para-hydroxylation sites is 1. The molecular weight excluding hydrogens is 352 g/mol. The highest BCUT2D eigenvalue weighted by molar-refractivity contribution is 5.91. The lowest BCUT2D eigenvalue weighted by atomic mass is 10.1. The molecular formula is C21H24N6O. The van der Waals surface area contributed by atoms with Gasteiger partial charge in [-0.3, -0.25) is 4.98 Å². The molecule has 3 heterocycles. The van der Waals surface area contributed by atoms with Gasteiger partial charge >= 0.3 is 6.03 Å². The molecule has 0 spiro atoms. The second kappa shape index (κ2) is 7.80. The molecule has 0 aliphatic carbocycles. The van der Waals surface area contributed by atoms with E-state index in [-0.39, 0.29) is 12.1 Å². The van der Waals surface area contributed by atoms with E-state index in [0.717, 1.165) is 41.0 Å². The summed E-state index contributed by atoms with van der Waals surface area (Å²) in [5, 5.41) is 11.6. The normalized spacial score (nSPS) is 14.9. The number of anilines is 1. The van der Waals surface area contributed by atoms with E-state index >= 15 is 0 Å². The zero-order valence-electron chi connectivity index (χ0n) is 16.2. The summed E-state index contributed by atoms with van der Waals surface area (Å²) in [6, 6.07) is 12.0. The third kappa shape index (κ3) is 3.74. The van der Waals surface area contributed by atoms with Crippen molar-refractivity contribution in [3.05, 3.63) is 59.9 Å². The Balaban J connectivity index is 1.37. The fraction of sp³-hybridized carbons (Fsp3) is 0.333. The quantitative estimate of drug-likeness (QED) is 0.754. The van der Waals surface area contributed by atoms with Crippen molar-refractivity contribution in [2.45, 2.75) is 32.7 Å². The lowest BCUT2D eigenvalue weighted by Gasteiger charge is -2.32. The molecule has 1 fully saturated rings. The number of benzene rings is 1. The summed E-state index contributed by atoms with van der Waals surface area (Å²) in [7, 11) is 0. The Morgan fingerprint density at radius 1 is 1.04 bits per heavy atom. The molecule has 7 nitrogen and oxygen atoms in total. The van der Waals surface area contributed by atoms with Crippen LogP contribution in [0.2, 0.25) is 0 Å². The summed E-state index contributed by atoms with van der Waals surface area (Å²) in [4.78, 5) is 18.9. The zero-order chi connectivity index (χ0) is 19.5. The third-order valence-corrected chi connectivity index (χ3v) is 5.28. The summed E-state index contributed by atoms with van der Waals surface area (Å²) in [6.07, 6.45) is 5.40. The molecule has 0 saturated carbocycles. The van der Waals surface area contributed by atoms with Crippen LogP contribution in [0.1, 0.15) is 30.0 Å². The van der Waals surface area contributed by atoms with E-state index in [1.165, 1.54) is 0 Å². The molecule has 2 amide bonds. The Morgan fingerprint density at radius 3 is 2.46 bits per heavy atom. The van der Waals surface area contributed by atoms with E-state index in [1.807, 2.05) is 66.0 Å². The number of aromatic nitrogens is 4. The summed E-state index contributed by atoms with van der Waals surface area (Å²) < 4.78 is 1.91. The first-order valence-corrected chi connectivity index (χ1v) is 9.57. The molecule has 1 saturated heterocycles. The van der Waals surface area contributed by atoms with Gasteiger partial charge in [0.2, 0.25) is 0 Å². The minimum atomic E-state index is -0.0383. The van der Waals surface area contributed by atoms with Crippen molar-refractivity contribution in [3.8, 4) is 11.4 Å². The van der Waals surface area contributed by atoms with E-state index in [1.54, 1.807) is 6.20 Å². The Labute approximate surface area is 164 Å². The van der Waals surface area contributed by atoms with Crippen molar-refractivity contribution in [2.75, 3.05) is 18.4 Å². The number of amides is 2. The summed E-state index contributed by atoms with van der Waals surface area (Å²) in [6.45, 7) is 5.41. The van der Waals surface area contributed by atoms with E-state index in [4.69, 9.17) is 0 Å². The number of urea groups is 1. The number of nitrogens with one attached hydrogen (secondary N) is 1. The molecule has 0 radical (unpaired) electrons. The van der Waals surface area contributed by atoms with Crippen molar-refractivity contribution in [1.82, 2.24) is 24.9 Å². The number of nitrogens with zero attached hydrogens (tertiary/aromatic N) is 5. The van der Waals surface area contributed by atoms with Gasteiger partial charge in [-0.2, -0.15) is 0 Å². The monoisotopic (exact) mass is 376 g/mol. The highest BCUT2D eigenvalue weighted by atomic mass is 16.2. The number of rotatable bonds is 3. The molecule has 7 heteroatoms. The molecule has 144 valence electrons. The van der Waals surface area contributed by atoms with Gasteiger partial charge in [-0.1, -0.05) is 29.5 Å². The van der Waals surface area contributed by atoms with Crippen LogP contribution < -0.4 is 5.32 Å². The standard InChI is InChI=1S/C21H24N6O/c1-15-6-5-7-16(2)20(15)23-21(28)26-12-9-17(10-13-26)27-14-19(24-25-27)18-8-3-4-11-22-18/h3-8,11,14,17H,9-10,12-13H2,1-2H3,(H,23,28). The number of pyridine rings is 1. The maximum absolute atomic E-state index is 12.7. The van der Waals surface area contributed by atoms with Crippen molar-refractivity contribution >= 4 is 11.7 Å². The second-order valence-corrected chi connectivity index (χ2v) is 7.21. The number of aryl methyl sites for hydroxylation is 2. The van der Waals surface area contributed by atoms with Crippen LogP contribution in [0.4, 0.5) is 10.5 Å². The van der Waals surface area contributed by atoms with Gasteiger partial charge in [0.05, 0.1) is 17.9 Å². The van der Waals surface area contributed by atoms with Crippen LogP contribution in [0.5, 0.6) is 0 Å². The van der Waals surface area contributed by atoms with E-state index in [0.29, 0.717) is 13.1 Å². The number of carbonyl (C=O) groups excluding carboxylic acids is 1. The molecule has 3 aromatic rings. The van der Waals surface area contributed by atoms with Gasteiger partial charge in [0.25, 0.3) is 0 Å². The molecule has 0 atom stereocenters. The number of hydrogen-bond acceptors (Lipinski definition) is 4. The molecule has 1 aliphatic rings. The number of hydrogen-bond donors (Lipinski definition) is 1. The van der Waals surface area contributed by atoms with Crippen LogP contribution in [-0.4, -0.2) is 44.0 Å². The Bertz CT molecular complexity index is 940. The van der Waals surface area contributed by atoms with Crippen LogP contribution in [-0.2, 0) is 0 Å². The lowest BCUT2D eigenvalue weighted by molar-refractivity contribution is 0.179. The van der Waals surface area contributed by atoms with Gasteiger partial charge in [-0.25, -0.2) is 9.48 Å². The van der Waals surface area contributed by atoms with Crippen molar-refractivity contribution < 1.29 is 4.79 Å². The van der Waals surface area contributed by atoms with E-state index in [2.05, 4.69) is 20.6 Å². The topological polar surface area (TPSA) is 75.9 Å². The number of likely N-dealkylation sites (tertiary alicyclic amines) is 1. The van der Waals surface area contributed by atoms with E-state index < -0.39 is 0 Å². The highest BCUT2D eigenvalue weighted by Crippen LogP contribution is 2.25. The molecule has 28 heavy (non-hydrogen) atoms. The van der Waals surface area contributed by atoms with Gasteiger partial charge in [-0.15, -0.1) is 5.10 Å². The molecule has 1 aromatic carbocycles. The van der Waals surface area contributed by atoms with Crippen molar-refractivity contribution in [1.29, 1.82) is 0 Å². The maximum Gasteiger partial charge on any atom is 0.321 e. The van der Waals surface area contributed by atoms with E-state index in [9.17, 15) is 4.79 Å². The van der Waals surface area contributed by atoms with Gasteiger partial charge in [0.1, 0.15) is 5.69 Å². The van der Waals surface area contributed by atoms with Gasteiger partial charge in [0.15, 0.2) is 0 Å². The van der Waals surface area contributed by atoms with Crippen LogP contribution in [0.15, 0.2) is 48.8 Å². The zero-order valence-corrected chi connectivity index (χ0v) is 16.2. The summed E-state index contributed by atoms with van der Waals surface area (Å²) in [5.74, 6) is 0. The van der Waals surface area contributed by atoms with Crippen LogP contribution in [0.3, 0.4) is 0 Å². The minimum Gasteiger partial charge on any atom is -0.324 e. The number of piperidine rings is 1. The fourth-order valence-corrected chi connectivity index (χ4v) is 3.62. The van der Waals surface area contributed by atoms with Gasteiger partial charge in [0, 0.05) is 25.0 Å². The van der Waals surface area contributed by atoms with Crippen LogP contribution in [0, 0.1) is 13.8 Å². The van der Waals surface area contributed by atoms with Crippen molar-refractivity contribution in [2.24, 2.45) is 0 Å². The average Bonchev–Trinajstić information content (AvgIpc) is 3.22. The second-order valence-electron chi connectivity index (χ2n) is 7.21. The van der Waals surface area contributed by atoms with Crippen molar-refractivity contribution in [3.63, 3.8) is 0 Å². The maximum atomic E-state index is 12.7. The molecule has 2 aromatic heterocycles. The minimum absolute atomic E-state index is 0.0383. The highest BCUT2D eigenvalue weighted by Gasteiger charge is 2.25. The smallest absolute Gasteiger partial charge is 0.321 e. The summed E-state index contributed by atoms with van der Waals surface area (Å²) >= 11 is 0. The first-order chi connectivity index (χ1) is 13.6. The first kappa shape index (κ1) is 18.2. The molecule has 0 bridgehead atoms. The fourth-order valence-electron chi connectivity index (χ4n) is 3.62. The largest absolute Gasteiger partial charge is 0.324 e. The number of carbonyl (C=O) groups is 1. The molecule has 0 unspecified atom stereocenters. The van der Waals surface area contributed by atoms with Gasteiger partial charge < -0.3 is 10.2 Å². The molecule has 4 rings (SSSR count). The lowest BCUT2D eigenvalue weighted by Crippen LogP contribution is -2.41. The first-order valence-electron chi connectivity index (χ1n) is 9.57. The summed E-state index contributed by atoms with van der Waals surface area (Å²) in [5.41, 5.74) is 4.65.